The summed E-state index contributed by atoms with van der Waals surface area (Å²) in [5.41, 5.74) is 0. The minimum atomic E-state index is 0.144. The van der Waals surface area contributed by atoms with Crippen LogP contribution < -0.4 is 0 Å². The zero-order valence-electron chi connectivity index (χ0n) is 8.22. The molecule has 0 nitrogen and oxygen atoms in total. The minimum Gasteiger partial charge on any atom is -0.119 e. The van der Waals surface area contributed by atoms with Crippen LogP contribution in [-0.2, 0) is 0 Å². The van der Waals surface area contributed by atoms with Crippen molar-refractivity contribution in [2.45, 2.75) is 33.6 Å². The van der Waals surface area contributed by atoms with Crippen LogP contribution in [0.1, 0.15) is 33.6 Å². The first-order chi connectivity index (χ1) is 5.70. The van der Waals surface area contributed by atoms with Crippen molar-refractivity contribution in [2.75, 3.05) is 0 Å². The molecule has 0 aromatic heterocycles. The molecule has 0 rings (SSSR count). The maximum absolute atomic E-state index is 5.31. The highest BCUT2D eigenvalue weighted by Crippen LogP contribution is 2.03. The summed E-state index contributed by atoms with van der Waals surface area (Å²) in [6.07, 6.45) is 9.41. The third kappa shape index (κ3) is 5.87. The molecule has 0 aliphatic heterocycles. The maximum atomic E-state index is 5.31. The third-order valence-corrected chi connectivity index (χ3v) is 1.45. The molecule has 1 unspecified atom stereocenters. The van der Waals surface area contributed by atoms with Gasteiger partial charge in [0.1, 0.15) is 0 Å². The molecule has 12 heavy (non-hydrogen) atoms. The predicted molar refractivity (Wildman–Crippen MR) is 54.1 cm³/mol. The van der Waals surface area contributed by atoms with E-state index in [0.717, 1.165) is 12.8 Å². The fourth-order valence-corrected chi connectivity index (χ4v) is 0.801. The molecule has 0 aliphatic carbocycles. The van der Waals surface area contributed by atoms with Gasteiger partial charge < -0.3 is 0 Å². The summed E-state index contributed by atoms with van der Waals surface area (Å²) in [6.45, 7) is 6.34. The first-order valence-corrected chi connectivity index (χ1v) is 4.51. The summed E-state index contributed by atoms with van der Waals surface area (Å²) in [6, 6.07) is 0. The lowest BCUT2D eigenvalue weighted by atomic mass is 10.0. The zero-order valence-corrected chi connectivity index (χ0v) is 8.22. The second-order valence-electron chi connectivity index (χ2n) is 3.21. The van der Waals surface area contributed by atoms with Gasteiger partial charge in [-0.05, 0) is 12.3 Å². The monoisotopic (exact) mass is 161 g/mol. The molecule has 1 atom stereocenters. The lowest BCUT2D eigenvalue weighted by Gasteiger charge is -1.98. The standard InChI is InChI=1S/C12H17/c1-5-8-12(6-2)10-7-9-11(3)4/h2,9,11-12H,5,8H2,1,3-4H3. The second kappa shape index (κ2) is 6.81. The van der Waals surface area contributed by atoms with Gasteiger partial charge in [0.25, 0.3) is 0 Å². The smallest absolute Gasteiger partial charge is 0.0808 e. The van der Waals surface area contributed by atoms with Crippen molar-refractivity contribution in [3.8, 4) is 24.2 Å². The Kier molecular flexibility index (Phi) is 6.31. The van der Waals surface area contributed by atoms with Gasteiger partial charge in [-0.3, -0.25) is 0 Å². The average molecular weight is 161 g/mol. The maximum Gasteiger partial charge on any atom is 0.0808 e. The van der Waals surface area contributed by atoms with Gasteiger partial charge >= 0.3 is 0 Å². The van der Waals surface area contributed by atoms with E-state index in [-0.39, 0.29) is 5.92 Å². The highest BCUT2D eigenvalue weighted by atomic mass is 14.0. The molecule has 0 spiro atoms. The lowest BCUT2D eigenvalue weighted by Crippen LogP contribution is -1.92. The topological polar surface area (TPSA) is 0 Å². The summed E-state index contributed by atoms with van der Waals surface area (Å²) >= 11 is 0. The first-order valence-electron chi connectivity index (χ1n) is 4.51. The number of hydrogen-bond donors (Lipinski definition) is 0. The van der Waals surface area contributed by atoms with Crippen LogP contribution in [-0.4, -0.2) is 0 Å². The molecule has 0 amide bonds. The van der Waals surface area contributed by atoms with E-state index in [2.05, 4.69) is 38.5 Å². The van der Waals surface area contributed by atoms with Crippen molar-refractivity contribution in [1.82, 2.24) is 0 Å². The van der Waals surface area contributed by atoms with E-state index in [0.29, 0.717) is 5.92 Å². The van der Waals surface area contributed by atoms with Crippen molar-refractivity contribution < 1.29 is 0 Å². The van der Waals surface area contributed by atoms with Crippen LogP contribution in [0.5, 0.6) is 0 Å². The van der Waals surface area contributed by atoms with E-state index in [4.69, 9.17) is 6.42 Å². The molecule has 1 radical (unpaired) electrons. The number of terminal acetylenes is 1. The van der Waals surface area contributed by atoms with Gasteiger partial charge in [0, 0.05) is 6.42 Å². The normalized spacial score (nSPS) is 11.6. The molecular weight excluding hydrogens is 144 g/mol. The van der Waals surface area contributed by atoms with Gasteiger partial charge in [-0.15, -0.1) is 6.42 Å². The van der Waals surface area contributed by atoms with Crippen LogP contribution in [0, 0.1) is 42.4 Å². The number of rotatable bonds is 3. The Hall–Kier alpha value is -0.880. The Bertz CT molecular complexity index is 194. The molecule has 0 saturated carbocycles. The minimum absolute atomic E-state index is 0.144. The van der Waals surface area contributed by atoms with Crippen molar-refractivity contribution in [3.63, 3.8) is 0 Å². The summed E-state index contributed by atoms with van der Waals surface area (Å²) < 4.78 is 0. The second-order valence-corrected chi connectivity index (χ2v) is 3.21. The lowest BCUT2D eigenvalue weighted by molar-refractivity contribution is 0.726. The van der Waals surface area contributed by atoms with E-state index < -0.39 is 0 Å². The Morgan fingerprint density at radius 1 is 1.42 bits per heavy atom. The molecule has 0 fully saturated rings. The fraction of sp³-hybridized carbons (Fsp3) is 0.583. The van der Waals surface area contributed by atoms with Gasteiger partial charge in [-0.25, -0.2) is 0 Å². The molecule has 0 aliphatic rings. The predicted octanol–water partition coefficient (Wildman–Crippen LogP) is 2.90. The molecule has 0 bridgehead atoms. The van der Waals surface area contributed by atoms with Gasteiger partial charge in [0.05, 0.1) is 5.92 Å². The van der Waals surface area contributed by atoms with E-state index in [1.54, 1.807) is 0 Å². The quantitative estimate of drug-likeness (QED) is 0.558. The summed E-state index contributed by atoms with van der Waals surface area (Å²) in [7, 11) is 0. The molecule has 0 saturated heterocycles. The van der Waals surface area contributed by atoms with Crippen molar-refractivity contribution >= 4 is 0 Å². The third-order valence-electron chi connectivity index (χ3n) is 1.45. The first kappa shape index (κ1) is 11.1. The van der Waals surface area contributed by atoms with E-state index in [1.165, 1.54) is 0 Å². The Labute approximate surface area is 76.8 Å². The van der Waals surface area contributed by atoms with Crippen LogP contribution in [0.25, 0.3) is 0 Å². The van der Waals surface area contributed by atoms with Gasteiger partial charge in [0.15, 0.2) is 0 Å². The Morgan fingerprint density at radius 2 is 2.08 bits per heavy atom. The van der Waals surface area contributed by atoms with Crippen LogP contribution in [0.3, 0.4) is 0 Å². The highest BCUT2D eigenvalue weighted by Gasteiger charge is 1.96. The van der Waals surface area contributed by atoms with Crippen LogP contribution in [0.4, 0.5) is 0 Å². The summed E-state index contributed by atoms with van der Waals surface area (Å²) in [4.78, 5) is 0. The Balaban J connectivity index is 3.82. The van der Waals surface area contributed by atoms with Gasteiger partial charge in [0.2, 0.25) is 0 Å². The molecule has 0 N–H and O–H groups in total. The van der Waals surface area contributed by atoms with Crippen molar-refractivity contribution in [2.24, 2.45) is 11.8 Å². The molecule has 0 heterocycles. The average Bonchev–Trinajstić information content (AvgIpc) is 2.02. The van der Waals surface area contributed by atoms with Crippen LogP contribution in [0.2, 0.25) is 0 Å². The fourth-order valence-electron chi connectivity index (χ4n) is 0.801. The van der Waals surface area contributed by atoms with E-state index in [1.807, 2.05) is 6.42 Å². The molecule has 65 valence electrons. The van der Waals surface area contributed by atoms with Gasteiger partial charge in [-0.1, -0.05) is 45.0 Å². The Morgan fingerprint density at radius 3 is 2.50 bits per heavy atom. The van der Waals surface area contributed by atoms with E-state index >= 15 is 0 Å². The summed E-state index contributed by atoms with van der Waals surface area (Å²) in [5, 5.41) is 0. The van der Waals surface area contributed by atoms with Gasteiger partial charge in [-0.2, -0.15) is 0 Å². The SMILES string of the molecule is C#CC(C#C[CH]C(C)C)CCC. The zero-order chi connectivity index (χ0) is 9.40. The van der Waals surface area contributed by atoms with Crippen LogP contribution >= 0.6 is 0 Å². The molecule has 0 aromatic carbocycles. The highest BCUT2D eigenvalue weighted by molar-refractivity contribution is 5.19. The van der Waals surface area contributed by atoms with E-state index in [9.17, 15) is 0 Å². The molecule has 0 heteroatoms. The number of hydrogen-bond acceptors (Lipinski definition) is 0. The van der Waals surface area contributed by atoms with Crippen LogP contribution in [0.15, 0.2) is 0 Å². The molecule has 0 aromatic rings. The largest absolute Gasteiger partial charge is 0.119 e. The molecular formula is C12H17. The van der Waals surface area contributed by atoms with Crippen molar-refractivity contribution in [3.05, 3.63) is 6.42 Å². The van der Waals surface area contributed by atoms with Crippen molar-refractivity contribution in [1.29, 1.82) is 0 Å². The summed E-state index contributed by atoms with van der Waals surface area (Å²) in [5.74, 6) is 9.42.